The summed E-state index contributed by atoms with van der Waals surface area (Å²) in [4.78, 5) is 17.8. The molecule has 0 bridgehead atoms. The fraction of sp³-hybridized carbons (Fsp3) is 0.400. The monoisotopic (exact) mass is 252 g/mol. The van der Waals surface area contributed by atoms with Gasteiger partial charge < -0.3 is 9.72 Å². The third kappa shape index (κ3) is 4.20. The summed E-state index contributed by atoms with van der Waals surface area (Å²) in [6.45, 7) is 5.23. The molecule has 17 heavy (non-hydrogen) atoms. The number of carbonyl (C=O) groups excluding carboxylic acids is 1. The smallest absolute Gasteiger partial charge is 0.413 e. The number of aromatic amines is 1. The zero-order valence-electron chi connectivity index (χ0n) is 9.70. The van der Waals surface area contributed by atoms with Crippen LogP contribution in [-0.2, 0) is 4.74 Å². The Morgan fingerprint density at radius 3 is 2.82 bits per heavy atom. The van der Waals surface area contributed by atoms with Gasteiger partial charge in [0, 0.05) is 0 Å². The van der Waals surface area contributed by atoms with E-state index in [1.54, 1.807) is 20.8 Å². The van der Waals surface area contributed by atoms with E-state index in [9.17, 15) is 4.79 Å². The standard InChI is InChI=1S/C10H12N4O2S/c1-10(2,3)16-9(15)14-7-6(4-11)5-12-8(17)13-7/h5H,1-3H3,(H2,12,13,14,15,17). The molecule has 1 aromatic rings. The largest absolute Gasteiger partial charge is 0.444 e. The number of anilines is 1. The van der Waals surface area contributed by atoms with Crippen molar-refractivity contribution in [1.82, 2.24) is 9.97 Å². The van der Waals surface area contributed by atoms with Crippen molar-refractivity contribution < 1.29 is 9.53 Å². The molecule has 1 heterocycles. The van der Waals surface area contributed by atoms with Gasteiger partial charge in [-0.3, -0.25) is 5.32 Å². The van der Waals surface area contributed by atoms with Crippen molar-refractivity contribution in [2.24, 2.45) is 0 Å². The Bertz CT molecular complexity index is 524. The first-order chi connectivity index (χ1) is 7.81. The average Bonchev–Trinajstić information content (AvgIpc) is 2.14. The highest BCUT2D eigenvalue weighted by molar-refractivity contribution is 7.71. The Labute approximate surface area is 104 Å². The molecule has 0 saturated heterocycles. The predicted octanol–water partition coefficient (Wildman–Crippen LogP) is 2.36. The van der Waals surface area contributed by atoms with E-state index in [2.05, 4.69) is 15.3 Å². The van der Waals surface area contributed by atoms with Crippen molar-refractivity contribution in [2.75, 3.05) is 5.32 Å². The van der Waals surface area contributed by atoms with E-state index in [4.69, 9.17) is 22.2 Å². The fourth-order valence-electron chi connectivity index (χ4n) is 0.983. The number of hydrogen-bond donors (Lipinski definition) is 2. The molecule has 0 aliphatic rings. The number of rotatable bonds is 1. The minimum absolute atomic E-state index is 0.176. The van der Waals surface area contributed by atoms with E-state index < -0.39 is 11.7 Å². The Kier molecular flexibility index (Phi) is 3.81. The lowest BCUT2D eigenvalue weighted by atomic mass is 10.2. The molecule has 0 unspecified atom stereocenters. The van der Waals surface area contributed by atoms with Crippen molar-refractivity contribution in [1.29, 1.82) is 5.26 Å². The molecule has 0 aliphatic carbocycles. The molecular formula is C10H12N4O2S. The van der Waals surface area contributed by atoms with Crippen LogP contribution in [0.25, 0.3) is 0 Å². The predicted molar refractivity (Wildman–Crippen MR) is 64.0 cm³/mol. The SMILES string of the molecule is CC(C)(C)OC(=O)Nc1[nH]c(=S)ncc1C#N. The van der Waals surface area contributed by atoms with Gasteiger partial charge in [0.25, 0.3) is 0 Å². The molecule has 2 N–H and O–H groups in total. The average molecular weight is 252 g/mol. The van der Waals surface area contributed by atoms with E-state index in [1.807, 2.05) is 6.07 Å². The maximum Gasteiger partial charge on any atom is 0.413 e. The first kappa shape index (κ1) is 13.1. The fourth-order valence-corrected chi connectivity index (χ4v) is 1.14. The van der Waals surface area contributed by atoms with Gasteiger partial charge in [0.05, 0.1) is 6.20 Å². The maximum atomic E-state index is 11.5. The second-order valence-corrected chi connectivity index (χ2v) is 4.60. The first-order valence-electron chi connectivity index (χ1n) is 4.81. The van der Waals surface area contributed by atoms with Gasteiger partial charge >= 0.3 is 6.09 Å². The van der Waals surface area contributed by atoms with Gasteiger partial charge in [-0.25, -0.2) is 9.78 Å². The molecule has 0 atom stereocenters. The van der Waals surface area contributed by atoms with Crippen molar-refractivity contribution in [2.45, 2.75) is 26.4 Å². The molecule has 0 saturated carbocycles. The lowest BCUT2D eigenvalue weighted by Crippen LogP contribution is -2.27. The van der Waals surface area contributed by atoms with Crippen LogP contribution in [0.4, 0.5) is 10.6 Å². The van der Waals surface area contributed by atoms with Gasteiger partial charge in [0.15, 0.2) is 4.77 Å². The van der Waals surface area contributed by atoms with Gasteiger partial charge in [0.1, 0.15) is 23.1 Å². The molecule has 0 radical (unpaired) electrons. The van der Waals surface area contributed by atoms with Crippen LogP contribution in [0.1, 0.15) is 26.3 Å². The number of ether oxygens (including phenoxy) is 1. The van der Waals surface area contributed by atoms with Crippen LogP contribution >= 0.6 is 12.2 Å². The van der Waals surface area contributed by atoms with Crippen LogP contribution in [0.2, 0.25) is 0 Å². The van der Waals surface area contributed by atoms with Crippen molar-refractivity contribution in [3.63, 3.8) is 0 Å². The van der Waals surface area contributed by atoms with Crippen LogP contribution < -0.4 is 5.32 Å². The maximum absolute atomic E-state index is 11.5. The third-order valence-corrected chi connectivity index (χ3v) is 1.77. The number of hydrogen-bond acceptors (Lipinski definition) is 5. The number of nitrogens with zero attached hydrogens (tertiary/aromatic N) is 2. The highest BCUT2D eigenvalue weighted by atomic mass is 32.1. The highest BCUT2D eigenvalue weighted by Crippen LogP contribution is 2.12. The number of aromatic nitrogens is 2. The van der Waals surface area contributed by atoms with Crippen LogP contribution in [0.3, 0.4) is 0 Å². The van der Waals surface area contributed by atoms with Gasteiger partial charge in [-0.15, -0.1) is 0 Å². The quantitative estimate of drug-likeness (QED) is 0.749. The topological polar surface area (TPSA) is 90.8 Å². The third-order valence-electron chi connectivity index (χ3n) is 1.56. The van der Waals surface area contributed by atoms with Crippen LogP contribution in [0, 0.1) is 16.1 Å². The summed E-state index contributed by atoms with van der Waals surface area (Å²) in [5.74, 6) is 0.182. The van der Waals surface area contributed by atoms with E-state index in [0.717, 1.165) is 0 Å². The minimum Gasteiger partial charge on any atom is -0.444 e. The second kappa shape index (κ2) is 4.93. The van der Waals surface area contributed by atoms with Gasteiger partial charge in [-0.2, -0.15) is 5.26 Å². The summed E-state index contributed by atoms with van der Waals surface area (Å²) >= 11 is 4.80. The van der Waals surface area contributed by atoms with Crippen molar-refractivity contribution >= 4 is 24.1 Å². The van der Waals surface area contributed by atoms with Crippen LogP contribution in [-0.4, -0.2) is 21.7 Å². The van der Waals surface area contributed by atoms with Gasteiger partial charge in [-0.1, -0.05) is 0 Å². The Morgan fingerprint density at radius 1 is 1.65 bits per heavy atom. The summed E-state index contributed by atoms with van der Waals surface area (Å²) in [5.41, 5.74) is -0.426. The Morgan fingerprint density at radius 2 is 2.29 bits per heavy atom. The van der Waals surface area contributed by atoms with Gasteiger partial charge in [-0.05, 0) is 33.0 Å². The Balaban J connectivity index is 2.89. The zero-order chi connectivity index (χ0) is 13.1. The molecule has 1 amide bonds. The number of H-pyrrole nitrogens is 1. The first-order valence-corrected chi connectivity index (χ1v) is 5.22. The minimum atomic E-state index is -0.661. The molecule has 90 valence electrons. The van der Waals surface area contributed by atoms with Crippen LogP contribution in [0.15, 0.2) is 6.20 Å². The number of amides is 1. The molecule has 0 aliphatic heterocycles. The molecular weight excluding hydrogens is 240 g/mol. The molecule has 1 aromatic heterocycles. The van der Waals surface area contributed by atoms with Crippen molar-refractivity contribution in [3.8, 4) is 6.07 Å². The lowest BCUT2D eigenvalue weighted by Gasteiger charge is -2.19. The molecule has 7 heteroatoms. The lowest BCUT2D eigenvalue weighted by molar-refractivity contribution is 0.0635. The number of carbonyl (C=O) groups is 1. The molecule has 0 fully saturated rings. The molecule has 0 aromatic carbocycles. The number of nitrogens with one attached hydrogen (secondary N) is 2. The van der Waals surface area contributed by atoms with Crippen LogP contribution in [0.5, 0.6) is 0 Å². The second-order valence-electron chi connectivity index (χ2n) is 4.22. The summed E-state index contributed by atoms with van der Waals surface area (Å²) < 4.78 is 5.22. The molecule has 1 rings (SSSR count). The summed E-state index contributed by atoms with van der Waals surface area (Å²) in [6, 6.07) is 1.88. The van der Waals surface area contributed by atoms with Crippen molar-refractivity contribution in [3.05, 3.63) is 16.5 Å². The summed E-state index contributed by atoms with van der Waals surface area (Å²) in [5, 5.41) is 11.2. The normalized spacial score (nSPS) is 10.5. The zero-order valence-corrected chi connectivity index (χ0v) is 10.5. The highest BCUT2D eigenvalue weighted by Gasteiger charge is 2.17. The van der Waals surface area contributed by atoms with E-state index in [-0.39, 0.29) is 16.2 Å². The Hall–Kier alpha value is -1.94. The van der Waals surface area contributed by atoms with Gasteiger partial charge in [0.2, 0.25) is 0 Å². The van der Waals surface area contributed by atoms with E-state index in [0.29, 0.717) is 0 Å². The van der Waals surface area contributed by atoms with E-state index in [1.165, 1.54) is 6.20 Å². The summed E-state index contributed by atoms with van der Waals surface area (Å²) in [6.07, 6.45) is 0.622. The molecule has 0 spiro atoms. The van der Waals surface area contributed by atoms with E-state index >= 15 is 0 Å². The molecule has 6 nitrogen and oxygen atoms in total. The summed E-state index contributed by atoms with van der Waals surface area (Å²) in [7, 11) is 0. The number of nitriles is 1.